The Balaban J connectivity index is 4.12. The number of hydrogen-bond donors (Lipinski definition) is 2. The van der Waals surface area contributed by atoms with Gasteiger partial charge in [0.15, 0.2) is 6.79 Å². The zero-order chi connectivity index (χ0) is 16.0. The zero-order valence-corrected chi connectivity index (χ0v) is 13.7. The van der Waals surface area contributed by atoms with Crippen molar-refractivity contribution in [2.75, 3.05) is 13.0 Å². The second-order valence-corrected chi connectivity index (χ2v) is 7.73. The van der Waals surface area contributed by atoms with Crippen molar-refractivity contribution in [2.45, 2.75) is 58.8 Å². The van der Waals surface area contributed by atoms with Crippen molar-refractivity contribution < 1.29 is 28.3 Å². The summed E-state index contributed by atoms with van der Waals surface area (Å²) < 4.78 is 26.5. The zero-order valence-electron chi connectivity index (χ0n) is 12.8. The lowest BCUT2D eigenvalue weighted by molar-refractivity contribution is -0.156. The van der Waals surface area contributed by atoms with E-state index < -0.39 is 25.2 Å². The molecule has 2 unspecified atom stereocenters. The molecule has 0 aliphatic carbocycles. The molecule has 0 aromatic heterocycles. The highest BCUT2D eigenvalue weighted by Crippen LogP contribution is 2.42. The first-order chi connectivity index (χ1) is 8.93. The third-order valence-corrected chi connectivity index (χ3v) is 3.42. The van der Waals surface area contributed by atoms with Crippen LogP contribution in [-0.4, -0.2) is 41.6 Å². The van der Waals surface area contributed by atoms with Crippen LogP contribution in [0.4, 0.5) is 0 Å². The van der Waals surface area contributed by atoms with E-state index in [0.29, 0.717) is 0 Å². The van der Waals surface area contributed by atoms with Crippen molar-refractivity contribution >= 4 is 13.6 Å². The van der Waals surface area contributed by atoms with Gasteiger partial charge in [-0.3, -0.25) is 13.9 Å². The molecular formula is C12H26NO6P. The van der Waals surface area contributed by atoms with Gasteiger partial charge in [0, 0.05) is 0 Å². The molecule has 120 valence electrons. The maximum atomic E-state index is 11.7. The largest absolute Gasteiger partial charge is 0.459 e. The summed E-state index contributed by atoms with van der Waals surface area (Å²) in [6.45, 7) is 8.46. The summed E-state index contributed by atoms with van der Waals surface area (Å²) >= 11 is 0. The third-order valence-electron chi connectivity index (χ3n) is 2.09. The second kappa shape index (κ2) is 8.10. The molecule has 8 heteroatoms. The first-order valence-corrected chi connectivity index (χ1v) is 8.25. The Kier molecular flexibility index (Phi) is 7.91. The minimum absolute atomic E-state index is 0.00434. The molecule has 0 heterocycles. The summed E-state index contributed by atoms with van der Waals surface area (Å²) in [6.07, 6.45) is -0.321. The van der Waals surface area contributed by atoms with E-state index in [1.165, 1.54) is 0 Å². The molecule has 0 radical (unpaired) electrons. The fourth-order valence-corrected chi connectivity index (χ4v) is 2.07. The summed E-state index contributed by atoms with van der Waals surface area (Å²) in [5.41, 5.74) is 4.98. The van der Waals surface area contributed by atoms with Crippen LogP contribution in [0.25, 0.3) is 0 Å². The molecule has 0 rings (SSSR count). The molecule has 0 saturated carbocycles. The van der Waals surface area contributed by atoms with Crippen LogP contribution in [0.2, 0.25) is 0 Å². The van der Waals surface area contributed by atoms with Gasteiger partial charge in [0.2, 0.25) is 0 Å². The van der Waals surface area contributed by atoms with Gasteiger partial charge < -0.3 is 20.1 Å². The molecular weight excluding hydrogens is 285 g/mol. The Labute approximate surface area is 120 Å². The Bertz CT molecular complexity index is 352. The highest BCUT2D eigenvalue weighted by molar-refractivity contribution is 7.52. The van der Waals surface area contributed by atoms with Crippen LogP contribution in [-0.2, 0) is 23.4 Å². The second-order valence-electron chi connectivity index (χ2n) is 5.75. The van der Waals surface area contributed by atoms with Crippen molar-refractivity contribution in [3.8, 4) is 0 Å². The smallest absolute Gasteiger partial charge is 0.330 e. The normalized spacial score (nSPS) is 16.8. The number of hydrogen-bond acceptors (Lipinski definition) is 6. The minimum atomic E-state index is -3.81. The molecule has 3 N–H and O–H groups in total. The predicted octanol–water partition coefficient (Wildman–Crippen LogP) is 1.63. The van der Waals surface area contributed by atoms with Gasteiger partial charge in [0.1, 0.15) is 11.6 Å². The minimum Gasteiger partial charge on any atom is -0.459 e. The summed E-state index contributed by atoms with van der Waals surface area (Å²) in [6, 6.07) is -0.954. The van der Waals surface area contributed by atoms with E-state index >= 15 is 0 Å². The van der Waals surface area contributed by atoms with E-state index in [4.69, 9.17) is 19.7 Å². The number of esters is 1. The average Bonchev–Trinajstić information content (AvgIpc) is 2.22. The van der Waals surface area contributed by atoms with Gasteiger partial charge in [0.05, 0.1) is 12.3 Å². The van der Waals surface area contributed by atoms with Gasteiger partial charge >= 0.3 is 13.6 Å². The molecule has 0 saturated heterocycles. The summed E-state index contributed by atoms with van der Waals surface area (Å²) in [5, 5.41) is 0. The molecule has 2 atom stereocenters. The Hall–Kier alpha value is -0.460. The number of rotatable bonds is 8. The summed E-state index contributed by atoms with van der Waals surface area (Å²) in [5.74, 6) is -0.601. The summed E-state index contributed by atoms with van der Waals surface area (Å²) in [4.78, 5) is 21.1. The Morgan fingerprint density at radius 2 is 1.90 bits per heavy atom. The van der Waals surface area contributed by atoms with Crippen LogP contribution >= 0.6 is 7.60 Å². The van der Waals surface area contributed by atoms with Gasteiger partial charge in [0.25, 0.3) is 0 Å². The SMILES string of the molecule is CC(C)OCOP(=O)(O)CCC(N)C(=O)OC(C)(C)C. The van der Waals surface area contributed by atoms with Gasteiger partial charge in [-0.05, 0) is 41.0 Å². The van der Waals surface area contributed by atoms with E-state index in [1.54, 1.807) is 34.6 Å². The standard InChI is InChI=1S/C12H26NO6P/c1-9(2)17-8-18-20(15,16)7-6-10(13)11(14)19-12(3,4)5/h9-10H,6-8,13H2,1-5H3,(H,15,16). The lowest BCUT2D eigenvalue weighted by Gasteiger charge is -2.22. The fraction of sp³-hybridized carbons (Fsp3) is 0.917. The first-order valence-electron chi connectivity index (χ1n) is 6.49. The maximum Gasteiger partial charge on any atom is 0.330 e. The van der Waals surface area contributed by atoms with Crippen molar-refractivity contribution in [1.29, 1.82) is 0 Å². The predicted molar refractivity (Wildman–Crippen MR) is 75.3 cm³/mol. The summed E-state index contributed by atoms with van der Waals surface area (Å²) in [7, 11) is -3.81. The molecule has 20 heavy (non-hydrogen) atoms. The molecule has 0 aromatic rings. The van der Waals surface area contributed by atoms with Crippen LogP contribution in [0.1, 0.15) is 41.0 Å². The number of nitrogens with two attached hydrogens (primary N) is 1. The number of ether oxygens (including phenoxy) is 2. The van der Waals surface area contributed by atoms with Crippen molar-refractivity contribution in [3.05, 3.63) is 0 Å². The van der Waals surface area contributed by atoms with E-state index in [2.05, 4.69) is 0 Å². The Morgan fingerprint density at radius 1 is 1.35 bits per heavy atom. The average molecular weight is 311 g/mol. The molecule has 0 fully saturated rings. The lowest BCUT2D eigenvalue weighted by atomic mass is 10.2. The van der Waals surface area contributed by atoms with E-state index in [1.807, 2.05) is 0 Å². The van der Waals surface area contributed by atoms with Crippen molar-refractivity contribution in [3.63, 3.8) is 0 Å². The van der Waals surface area contributed by atoms with Gasteiger partial charge in [-0.15, -0.1) is 0 Å². The van der Waals surface area contributed by atoms with Crippen LogP contribution in [0.5, 0.6) is 0 Å². The molecule has 7 nitrogen and oxygen atoms in total. The lowest BCUT2D eigenvalue weighted by Crippen LogP contribution is -2.37. The molecule has 0 aromatic carbocycles. The topological polar surface area (TPSA) is 108 Å². The van der Waals surface area contributed by atoms with Gasteiger partial charge in [-0.25, -0.2) is 0 Å². The van der Waals surface area contributed by atoms with Crippen LogP contribution in [0, 0.1) is 0 Å². The molecule has 0 aliphatic rings. The molecule has 0 aliphatic heterocycles. The number of carbonyl (C=O) groups excluding carboxylic acids is 1. The third kappa shape index (κ3) is 10.3. The van der Waals surface area contributed by atoms with Crippen molar-refractivity contribution in [2.24, 2.45) is 5.73 Å². The quantitative estimate of drug-likeness (QED) is 0.398. The Morgan fingerprint density at radius 3 is 2.35 bits per heavy atom. The van der Waals surface area contributed by atoms with Gasteiger partial charge in [-0.1, -0.05) is 0 Å². The number of carbonyl (C=O) groups is 1. The fourth-order valence-electron chi connectivity index (χ4n) is 1.11. The molecule has 0 spiro atoms. The van der Waals surface area contributed by atoms with Crippen molar-refractivity contribution in [1.82, 2.24) is 0 Å². The van der Waals surface area contributed by atoms with Crippen LogP contribution < -0.4 is 5.73 Å². The highest BCUT2D eigenvalue weighted by Gasteiger charge is 2.26. The highest BCUT2D eigenvalue weighted by atomic mass is 31.2. The maximum absolute atomic E-state index is 11.7. The van der Waals surface area contributed by atoms with E-state index in [9.17, 15) is 14.3 Å². The molecule has 0 amide bonds. The van der Waals surface area contributed by atoms with Crippen LogP contribution in [0.15, 0.2) is 0 Å². The van der Waals surface area contributed by atoms with Crippen LogP contribution in [0.3, 0.4) is 0 Å². The van der Waals surface area contributed by atoms with E-state index in [-0.39, 0.29) is 25.5 Å². The van der Waals surface area contributed by atoms with Gasteiger partial charge in [-0.2, -0.15) is 0 Å². The monoisotopic (exact) mass is 311 g/mol. The molecule has 0 bridgehead atoms. The first kappa shape index (κ1) is 19.5. The van der Waals surface area contributed by atoms with E-state index in [0.717, 1.165) is 0 Å².